The van der Waals surface area contributed by atoms with Crippen LogP contribution in [0, 0.1) is 15.5 Å². The van der Waals surface area contributed by atoms with Gasteiger partial charge in [0.25, 0.3) is 5.69 Å². The Balaban J connectivity index is 3.10. The van der Waals surface area contributed by atoms with E-state index < -0.39 is 31.0 Å². The van der Waals surface area contributed by atoms with Crippen molar-refractivity contribution in [2.24, 2.45) is 10.5 Å². The van der Waals surface area contributed by atoms with E-state index in [1.807, 2.05) is 0 Å². The zero-order valence-corrected chi connectivity index (χ0v) is 13.5. The summed E-state index contributed by atoms with van der Waals surface area (Å²) in [5.74, 6) is -0.621. The Labute approximate surface area is 128 Å². The van der Waals surface area contributed by atoms with Gasteiger partial charge in [0.2, 0.25) is 5.04 Å². The third-order valence-corrected chi connectivity index (χ3v) is 3.57. The molecule has 8 nitrogen and oxygen atoms in total. The van der Waals surface area contributed by atoms with Crippen molar-refractivity contribution in [2.45, 2.75) is 20.8 Å². The largest absolute Gasteiger partial charge is 0.291 e. The fraction of sp³-hybridized carbons (Fsp3) is 0.385. The van der Waals surface area contributed by atoms with E-state index in [4.69, 9.17) is 0 Å². The molecular weight excluding hydrogens is 310 g/mol. The minimum atomic E-state index is -3.81. The maximum absolute atomic E-state index is 12.1. The Hall–Kier alpha value is -2.29. The second-order valence-electron chi connectivity index (χ2n) is 5.68. The number of anilines is 1. The molecule has 0 aliphatic carbocycles. The topological polar surface area (TPSA) is 119 Å². The van der Waals surface area contributed by atoms with Gasteiger partial charge < -0.3 is 0 Å². The Bertz CT molecular complexity index is 715. The summed E-state index contributed by atoms with van der Waals surface area (Å²) in [5.41, 5.74) is 1.75. The molecule has 0 saturated carbocycles. The highest BCUT2D eigenvalue weighted by Crippen LogP contribution is 2.19. The first kappa shape index (κ1) is 17.8. The number of hydrazone groups is 1. The van der Waals surface area contributed by atoms with Gasteiger partial charge >= 0.3 is 0 Å². The van der Waals surface area contributed by atoms with E-state index in [1.54, 1.807) is 20.8 Å². The van der Waals surface area contributed by atoms with Gasteiger partial charge in [-0.3, -0.25) is 20.3 Å². The number of carbonyl (C=O) groups is 1. The normalized spacial score (nSPS) is 12.8. The van der Waals surface area contributed by atoms with Crippen molar-refractivity contribution >= 4 is 32.0 Å². The molecule has 0 amide bonds. The smallest absolute Gasteiger partial charge is 0.269 e. The van der Waals surface area contributed by atoms with Crippen molar-refractivity contribution in [1.29, 1.82) is 0 Å². The van der Waals surface area contributed by atoms with E-state index in [-0.39, 0.29) is 5.69 Å². The number of nitrogens with zero attached hydrogens (tertiary/aromatic N) is 2. The predicted octanol–water partition coefficient (Wildman–Crippen LogP) is 1.98. The predicted molar refractivity (Wildman–Crippen MR) is 83.5 cm³/mol. The monoisotopic (exact) mass is 327 g/mol. The fourth-order valence-electron chi connectivity index (χ4n) is 1.40. The number of nitro benzene ring substituents is 1. The van der Waals surface area contributed by atoms with Crippen molar-refractivity contribution in [1.82, 2.24) is 0 Å². The lowest BCUT2D eigenvalue weighted by Crippen LogP contribution is -2.34. The van der Waals surface area contributed by atoms with Crippen LogP contribution < -0.4 is 5.43 Å². The zero-order chi connectivity index (χ0) is 17.1. The van der Waals surface area contributed by atoms with Crippen molar-refractivity contribution in [3.63, 3.8) is 0 Å². The Morgan fingerprint density at radius 1 is 1.23 bits per heavy atom. The third-order valence-electron chi connectivity index (χ3n) is 2.59. The first-order chi connectivity index (χ1) is 9.93. The second-order valence-corrected chi connectivity index (χ2v) is 7.62. The average Bonchev–Trinajstić information content (AvgIpc) is 2.36. The summed E-state index contributed by atoms with van der Waals surface area (Å²) in [5, 5.41) is 13.6. The fourth-order valence-corrected chi connectivity index (χ4v) is 2.25. The average molecular weight is 327 g/mol. The summed E-state index contributed by atoms with van der Waals surface area (Å²) in [6.07, 6.45) is 0.896. The van der Waals surface area contributed by atoms with Crippen LogP contribution in [0.4, 0.5) is 11.4 Å². The summed E-state index contributed by atoms with van der Waals surface area (Å²) in [4.78, 5) is 22.1. The van der Waals surface area contributed by atoms with Crippen LogP contribution in [0.25, 0.3) is 0 Å². The number of Topliss-reactive ketones (excluding diaryl/α,β-unsaturated/α-hetero) is 1. The van der Waals surface area contributed by atoms with Crippen LogP contribution in [-0.4, -0.2) is 30.4 Å². The SMILES string of the molecule is CC(C)(C)C(=O)/C(=N/Nc1ccc([N+](=O)[O-])cc1)S(C)(=O)=O. The van der Waals surface area contributed by atoms with Gasteiger partial charge in [-0.25, -0.2) is 8.42 Å². The Morgan fingerprint density at radius 2 is 1.73 bits per heavy atom. The van der Waals surface area contributed by atoms with E-state index >= 15 is 0 Å². The number of nitrogens with one attached hydrogen (secondary N) is 1. The minimum absolute atomic E-state index is 0.108. The van der Waals surface area contributed by atoms with Crippen LogP contribution in [0.3, 0.4) is 0 Å². The maximum Gasteiger partial charge on any atom is 0.269 e. The lowest BCUT2D eigenvalue weighted by atomic mass is 9.91. The molecule has 0 spiro atoms. The molecule has 0 aromatic heterocycles. The Kier molecular flexibility index (Phi) is 5.02. The third kappa shape index (κ3) is 4.62. The lowest BCUT2D eigenvalue weighted by molar-refractivity contribution is -0.384. The van der Waals surface area contributed by atoms with Crippen LogP contribution >= 0.6 is 0 Å². The number of non-ortho nitro benzene ring substituents is 1. The van der Waals surface area contributed by atoms with E-state index in [0.717, 1.165) is 6.26 Å². The van der Waals surface area contributed by atoms with Gasteiger partial charge in [-0.15, -0.1) is 0 Å². The zero-order valence-electron chi connectivity index (χ0n) is 12.7. The molecule has 0 fully saturated rings. The molecule has 0 unspecified atom stereocenters. The van der Waals surface area contributed by atoms with E-state index in [2.05, 4.69) is 10.5 Å². The van der Waals surface area contributed by atoms with Crippen LogP contribution in [0.1, 0.15) is 20.8 Å². The molecule has 1 aromatic rings. The number of hydrogen-bond acceptors (Lipinski definition) is 7. The number of carbonyl (C=O) groups excluding carboxylic acids is 1. The molecule has 1 aromatic carbocycles. The van der Waals surface area contributed by atoms with Crippen molar-refractivity contribution in [3.8, 4) is 0 Å². The molecule has 0 heterocycles. The standard InChI is InChI=1S/C13H17N3O5S/c1-13(2,3)11(17)12(22(4,20)21)15-14-9-5-7-10(8-6-9)16(18)19/h5-8,14H,1-4H3/b15-12-. The molecule has 0 aliphatic heterocycles. The highest BCUT2D eigenvalue weighted by Gasteiger charge is 2.32. The summed E-state index contributed by atoms with van der Waals surface area (Å²) in [6.45, 7) is 4.76. The molecule has 22 heavy (non-hydrogen) atoms. The van der Waals surface area contributed by atoms with E-state index in [1.165, 1.54) is 24.3 Å². The maximum atomic E-state index is 12.1. The minimum Gasteiger partial charge on any atom is -0.291 e. The van der Waals surface area contributed by atoms with Gasteiger partial charge in [-0.05, 0) is 12.1 Å². The first-order valence-corrected chi connectivity index (χ1v) is 8.15. The number of ketones is 1. The van der Waals surface area contributed by atoms with E-state index in [9.17, 15) is 23.3 Å². The van der Waals surface area contributed by atoms with Gasteiger partial charge in [0.05, 0.1) is 10.6 Å². The molecule has 0 radical (unpaired) electrons. The molecule has 0 bridgehead atoms. The number of hydrogen-bond donors (Lipinski definition) is 1. The number of rotatable bonds is 4. The van der Waals surface area contributed by atoms with Gasteiger partial charge in [-0.1, -0.05) is 20.8 Å². The van der Waals surface area contributed by atoms with Gasteiger partial charge in [-0.2, -0.15) is 5.10 Å². The van der Waals surface area contributed by atoms with Crippen LogP contribution in [0.2, 0.25) is 0 Å². The highest BCUT2D eigenvalue weighted by atomic mass is 32.2. The Morgan fingerprint density at radius 3 is 2.09 bits per heavy atom. The quantitative estimate of drug-likeness (QED) is 0.391. The molecule has 120 valence electrons. The molecule has 1 N–H and O–H groups in total. The molecule has 0 atom stereocenters. The van der Waals surface area contributed by atoms with Gasteiger partial charge in [0.1, 0.15) is 0 Å². The highest BCUT2D eigenvalue weighted by molar-refractivity contribution is 8.07. The number of benzene rings is 1. The van der Waals surface area contributed by atoms with E-state index in [0.29, 0.717) is 5.69 Å². The van der Waals surface area contributed by atoms with Gasteiger partial charge in [0, 0.05) is 23.8 Å². The number of sulfone groups is 1. The van der Waals surface area contributed by atoms with Crippen LogP contribution in [-0.2, 0) is 14.6 Å². The summed E-state index contributed by atoms with van der Waals surface area (Å²) in [7, 11) is -3.81. The molecule has 9 heteroatoms. The molecule has 1 rings (SSSR count). The summed E-state index contributed by atoms with van der Waals surface area (Å²) >= 11 is 0. The van der Waals surface area contributed by atoms with Crippen LogP contribution in [0.5, 0.6) is 0 Å². The van der Waals surface area contributed by atoms with Crippen molar-refractivity contribution in [3.05, 3.63) is 34.4 Å². The molecule has 0 saturated heterocycles. The first-order valence-electron chi connectivity index (χ1n) is 6.26. The molecule has 0 aliphatic rings. The van der Waals surface area contributed by atoms with Crippen molar-refractivity contribution < 1.29 is 18.1 Å². The number of nitro groups is 1. The second kappa shape index (κ2) is 6.22. The summed E-state index contributed by atoms with van der Waals surface area (Å²) < 4.78 is 23.4. The van der Waals surface area contributed by atoms with Crippen LogP contribution in [0.15, 0.2) is 29.4 Å². The summed E-state index contributed by atoms with van der Waals surface area (Å²) in [6, 6.07) is 5.21. The van der Waals surface area contributed by atoms with Crippen molar-refractivity contribution in [2.75, 3.05) is 11.7 Å². The van der Waals surface area contributed by atoms with Gasteiger partial charge in [0.15, 0.2) is 15.6 Å². The molecular formula is C13H17N3O5S. The lowest BCUT2D eigenvalue weighted by Gasteiger charge is -2.16.